The second-order valence-corrected chi connectivity index (χ2v) is 7.95. The van der Waals surface area contributed by atoms with E-state index in [0.29, 0.717) is 6.04 Å². The summed E-state index contributed by atoms with van der Waals surface area (Å²) < 4.78 is 0. The highest BCUT2D eigenvalue weighted by Gasteiger charge is 2.28. The van der Waals surface area contributed by atoms with Gasteiger partial charge in [-0.25, -0.2) is 0 Å². The van der Waals surface area contributed by atoms with Crippen molar-refractivity contribution < 1.29 is 4.79 Å². The highest BCUT2D eigenvalue weighted by atomic mass is 32.2. The lowest BCUT2D eigenvalue weighted by molar-refractivity contribution is 0.0766. The number of rotatable bonds is 4. The van der Waals surface area contributed by atoms with E-state index in [1.165, 1.54) is 43.8 Å². The lowest BCUT2D eigenvalue weighted by Crippen LogP contribution is -2.53. The maximum atomic E-state index is 12.5. The molecule has 0 bridgehead atoms. The van der Waals surface area contributed by atoms with Crippen molar-refractivity contribution in [3.8, 4) is 0 Å². The third-order valence-corrected chi connectivity index (χ3v) is 6.09. The topological polar surface area (TPSA) is 35.6 Å². The van der Waals surface area contributed by atoms with Crippen molar-refractivity contribution >= 4 is 17.7 Å². The van der Waals surface area contributed by atoms with E-state index in [4.69, 9.17) is 0 Å². The number of hydrogen-bond donors (Lipinski definition) is 1. The summed E-state index contributed by atoms with van der Waals surface area (Å²) in [5, 5.41) is 3.25. The first-order valence-corrected chi connectivity index (χ1v) is 10.3. The quantitative estimate of drug-likeness (QED) is 0.850. The van der Waals surface area contributed by atoms with Crippen LogP contribution in [0.5, 0.6) is 0 Å². The third kappa shape index (κ3) is 4.52. The molecule has 1 amide bonds. The van der Waals surface area contributed by atoms with Gasteiger partial charge in [-0.15, -0.1) is 11.8 Å². The SMILES string of the molecule is CSc1ccc(C(=O)N[C@H]2CCCN(C3CCN(C)CC3)C2)cc1. The highest BCUT2D eigenvalue weighted by Crippen LogP contribution is 2.21. The number of amides is 1. The number of thioether (sulfide) groups is 1. The number of piperidine rings is 2. The van der Waals surface area contributed by atoms with E-state index in [0.717, 1.165) is 18.5 Å². The van der Waals surface area contributed by atoms with E-state index in [1.807, 2.05) is 24.3 Å². The van der Waals surface area contributed by atoms with E-state index >= 15 is 0 Å². The van der Waals surface area contributed by atoms with Crippen LogP contribution < -0.4 is 5.32 Å². The van der Waals surface area contributed by atoms with Crippen LogP contribution in [0, 0.1) is 0 Å². The Morgan fingerprint density at radius 1 is 1.12 bits per heavy atom. The van der Waals surface area contributed by atoms with Gasteiger partial charge in [-0.05, 0) is 82.9 Å². The Morgan fingerprint density at radius 3 is 2.50 bits per heavy atom. The molecule has 0 saturated carbocycles. The molecule has 1 N–H and O–H groups in total. The molecule has 2 aliphatic heterocycles. The maximum Gasteiger partial charge on any atom is 0.251 e. The minimum absolute atomic E-state index is 0.0675. The van der Waals surface area contributed by atoms with E-state index in [2.05, 4.69) is 28.4 Å². The van der Waals surface area contributed by atoms with E-state index in [9.17, 15) is 4.79 Å². The zero-order valence-electron chi connectivity index (χ0n) is 14.8. The molecule has 132 valence electrons. The Balaban J connectivity index is 1.53. The lowest BCUT2D eigenvalue weighted by Gasteiger charge is -2.41. The van der Waals surface area contributed by atoms with Crippen molar-refractivity contribution in [1.29, 1.82) is 0 Å². The molecule has 0 aromatic heterocycles. The van der Waals surface area contributed by atoms with Gasteiger partial charge in [0.25, 0.3) is 5.91 Å². The fraction of sp³-hybridized carbons (Fsp3) is 0.632. The predicted molar refractivity (Wildman–Crippen MR) is 101 cm³/mol. The van der Waals surface area contributed by atoms with Gasteiger partial charge in [-0.2, -0.15) is 0 Å². The predicted octanol–water partition coefficient (Wildman–Crippen LogP) is 2.70. The van der Waals surface area contributed by atoms with Gasteiger partial charge in [0.1, 0.15) is 0 Å². The molecule has 1 atom stereocenters. The zero-order valence-corrected chi connectivity index (χ0v) is 15.6. The van der Waals surface area contributed by atoms with Crippen molar-refractivity contribution in [2.24, 2.45) is 0 Å². The summed E-state index contributed by atoms with van der Waals surface area (Å²) in [5.74, 6) is 0.0675. The van der Waals surface area contributed by atoms with Gasteiger partial charge in [0.15, 0.2) is 0 Å². The van der Waals surface area contributed by atoms with Crippen LogP contribution in [-0.4, -0.2) is 67.3 Å². The highest BCUT2D eigenvalue weighted by molar-refractivity contribution is 7.98. The molecule has 2 aliphatic rings. The molecule has 4 nitrogen and oxygen atoms in total. The van der Waals surface area contributed by atoms with E-state index in [-0.39, 0.29) is 11.9 Å². The van der Waals surface area contributed by atoms with E-state index in [1.54, 1.807) is 11.8 Å². The minimum Gasteiger partial charge on any atom is -0.348 e. The Hall–Kier alpha value is -1.04. The van der Waals surface area contributed by atoms with Gasteiger partial charge in [-0.1, -0.05) is 0 Å². The molecule has 2 heterocycles. The fourth-order valence-electron chi connectivity index (χ4n) is 3.83. The molecule has 0 spiro atoms. The van der Waals surface area contributed by atoms with Crippen molar-refractivity contribution in [2.45, 2.75) is 42.7 Å². The summed E-state index contributed by atoms with van der Waals surface area (Å²) in [4.78, 5) is 18.7. The largest absolute Gasteiger partial charge is 0.348 e. The number of benzene rings is 1. The first kappa shape index (κ1) is 17.8. The number of likely N-dealkylation sites (tertiary alicyclic amines) is 2. The summed E-state index contributed by atoms with van der Waals surface area (Å²) in [5.41, 5.74) is 0.768. The Kier molecular flexibility index (Phi) is 6.19. The molecule has 3 rings (SSSR count). The van der Waals surface area contributed by atoms with Crippen LogP contribution >= 0.6 is 11.8 Å². The van der Waals surface area contributed by atoms with Crippen molar-refractivity contribution in [1.82, 2.24) is 15.1 Å². The monoisotopic (exact) mass is 347 g/mol. The van der Waals surface area contributed by atoms with Gasteiger partial charge in [-0.3, -0.25) is 9.69 Å². The summed E-state index contributed by atoms with van der Waals surface area (Å²) in [6, 6.07) is 8.88. The van der Waals surface area contributed by atoms with Crippen LogP contribution in [0.4, 0.5) is 0 Å². The average molecular weight is 348 g/mol. The summed E-state index contributed by atoms with van der Waals surface area (Å²) in [7, 11) is 2.21. The minimum atomic E-state index is 0.0675. The molecular formula is C19H29N3OS. The molecular weight excluding hydrogens is 318 g/mol. The second-order valence-electron chi connectivity index (χ2n) is 7.07. The summed E-state index contributed by atoms with van der Waals surface area (Å²) in [6.07, 6.45) is 6.84. The smallest absolute Gasteiger partial charge is 0.251 e. The molecule has 0 aliphatic carbocycles. The number of carbonyl (C=O) groups is 1. The van der Waals surface area contributed by atoms with E-state index < -0.39 is 0 Å². The van der Waals surface area contributed by atoms with Gasteiger partial charge in [0.05, 0.1) is 0 Å². The molecule has 0 radical (unpaired) electrons. The maximum absolute atomic E-state index is 12.5. The van der Waals surface area contributed by atoms with Crippen LogP contribution in [0.15, 0.2) is 29.2 Å². The summed E-state index contributed by atoms with van der Waals surface area (Å²) >= 11 is 1.70. The molecule has 5 heteroatoms. The van der Waals surface area contributed by atoms with Crippen LogP contribution in [0.3, 0.4) is 0 Å². The Morgan fingerprint density at radius 2 is 1.83 bits per heavy atom. The van der Waals surface area contributed by atoms with Gasteiger partial charge in [0.2, 0.25) is 0 Å². The number of nitrogens with zero attached hydrogens (tertiary/aromatic N) is 2. The normalized spacial score (nSPS) is 24.0. The average Bonchev–Trinajstić information content (AvgIpc) is 2.62. The molecule has 1 aromatic carbocycles. The number of hydrogen-bond acceptors (Lipinski definition) is 4. The number of carbonyl (C=O) groups excluding carboxylic acids is 1. The third-order valence-electron chi connectivity index (χ3n) is 5.34. The van der Waals surface area contributed by atoms with Gasteiger partial charge >= 0.3 is 0 Å². The van der Waals surface area contributed by atoms with Crippen LogP contribution in [0.1, 0.15) is 36.0 Å². The first-order valence-electron chi connectivity index (χ1n) is 9.03. The van der Waals surface area contributed by atoms with Crippen molar-refractivity contribution in [3.63, 3.8) is 0 Å². The lowest BCUT2D eigenvalue weighted by atomic mass is 9.98. The van der Waals surface area contributed by atoms with Crippen LogP contribution in [0.25, 0.3) is 0 Å². The van der Waals surface area contributed by atoms with Crippen LogP contribution in [0.2, 0.25) is 0 Å². The van der Waals surface area contributed by atoms with Gasteiger partial charge < -0.3 is 10.2 Å². The second kappa shape index (κ2) is 8.37. The van der Waals surface area contributed by atoms with Crippen molar-refractivity contribution in [2.75, 3.05) is 39.5 Å². The van der Waals surface area contributed by atoms with Gasteiger partial charge in [0, 0.05) is 29.1 Å². The first-order chi connectivity index (χ1) is 11.7. The molecule has 2 saturated heterocycles. The molecule has 1 aromatic rings. The molecule has 2 fully saturated rings. The van der Waals surface area contributed by atoms with Crippen molar-refractivity contribution in [3.05, 3.63) is 29.8 Å². The fourth-order valence-corrected chi connectivity index (χ4v) is 4.24. The van der Waals surface area contributed by atoms with Crippen LogP contribution in [-0.2, 0) is 0 Å². The standard InChI is InChI=1S/C19H29N3OS/c1-21-12-9-17(10-13-21)22-11-3-4-16(14-22)20-19(23)15-5-7-18(24-2)8-6-15/h5-8,16-17H,3-4,9-14H2,1-2H3,(H,20,23)/t16-/m0/s1. The molecule has 24 heavy (non-hydrogen) atoms. The zero-order chi connectivity index (χ0) is 16.9. The number of nitrogens with one attached hydrogen (secondary N) is 1. The summed E-state index contributed by atoms with van der Waals surface area (Å²) in [6.45, 7) is 4.58. The Bertz CT molecular complexity index is 540. The Labute approximate surface area is 150 Å². The molecule has 0 unspecified atom stereocenters.